The van der Waals surface area contributed by atoms with E-state index in [0.717, 1.165) is 32.6 Å². The smallest absolute Gasteiger partial charge is 0.415 e. The van der Waals surface area contributed by atoms with Gasteiger partial charge in [-0.25, -0.2) is 9.78 Å². The van der Waals surface area contributed by atoms with E-state index in [-0.39, 0.29) is 12.1 Å². The molecule has 1 amide bonds. The van der Waals surface area contributed by atoms with Gasteiger partial charge >= 0.3 is 6.09 Å². The molecular formula is C22H30N6O2. The molecule has 2 saturated heterocycles. The zero-order valence-electron chi connectivity index (χ0n) is 17.7. The molecule has 1 aromatic carbocycles. The number of nitrogens with zero attached hydrogens (tertiary/aromatic N) is 4. The average molecular weight is 411 g/mol. The maximum atomic E-state index is 11.8. The number of cyclic esters (lactones) is 1. The van der Waals surface area contributed by atoms with Crippen LogP contribution >= 0.6 is 0 Å². The molecule has 0 bridgehead atoms. The molecule has 2 N–H and O–H groups in total. The van der Waals surface area contributed by atoms with Crippen LogP contribution in [0, 0.1) is 0 Å². The fourth-order valence-electron chi connectivity index (χ4n) is 4.15. The minimum atomic E-state index is -0.363. The van der Waals surface area contributed by atoms with Crippen LogP contribution in [-0.4, -0.2) is 60.3 Å². The van der Waals surface area contributed by atoms with Crippen LogP contribution in [0.3, 0.4) is 0 Å². The highest BCUT2D eigenvalue weighted by molar-refractivity contribution is 5.88. The SMILES string of the molecule is CCC(c1ccc(C(C)Nc2nccc(N3CCOC3=O)n2)cc1)N1CCNCC1. The van der Waals surface area contributed by atoms with Crippen molar-refractivity contribution in [2.24, 2.45) is 0 Å². The third-order valence-corrected chi connectivity index (χ3v) is 5.82. The molecule has 2 atom stereocenters. The minimum absolute atomic E-state index is 0.0408. The first-order valence-electron chi connectivity index (χ1n) is 10.7. The van der Waals surface area contributed by atoms with Crippen molar-refractivity contribution in [3.8, 4) is 0 Å². The quantitative estimate of drug-likeness (QED) is 0.726. The summed E-state index contributed by atoms with van der Waals surface area (Å²) in [5.74, 6) is 1.05. The molecule has 4 rings (SSSR count). The molecule has 2 aliphatic heterocycles. The number of carbonyl (C=O) groups excluding carboxylic acids is 1. The van der Waals surface area contributed by atoms with Crippen LogP contribution in [0.2, 0.25) is 0 Å². The Morgan fingerprint density at radius 1 is 1.13 bits per heavy atom. The molecule has 0 radical (unpaired) electrons. The second-order valence-corrected chi connectivity index (χ2v) is 7.75. The Morgan fingerprint density at radius 2 is 1.87 bits per heavy atom. The maximum Gasteiger partial charge on any atom is 0.415 e. The third kappa shape index (κ3) is 4.55. The summed E-state index contributed by atoms with van der Waals surface area (Å²) in [5, 5.41) is 6.77. The summed E-state index contributed by atoms with van der Waals surface area (Å²) in [4.78, 5) is 24.6. The van der Waals surface area contributed by atoms with Crippen LogP contribution < -0.4 is 15.5 Å². The third-order valence-electron chi connectivity index (χ3n) is 5.82. The summed E-state index contributed by atoms with van der Waals surface area (Å²) in [7, 11) is 0. The lowest BCUT2D eigenvalue weighted by molar-refractivity contribution is 0.169. The monoisotopic (exact) mass is 410 g/mol. The van der Waals surface area contributed by atoms with Gasteiger partial charge in [0.1, 0.15) is 12.4 Å². The van der Waals surface area contributed by atoms with Crippen LogP contribution in [0.4, 0.5) is 16.6 Å². The molecule has 8 nitrogen and oxygen atoms in total. The molecule has 2 unspecified atom stereocenters. The van der Waals surface area contributed by atoms with E-state index in [4.69, 9.17) is 4.74 Å². The summed E-state index contributed by atoms with van der Waals surface area (Å²) in [5.41, 5.74) is 2.53. The average Bonchev–Trinajstić information content (AvgIpc) is 3.21. The van der Waals surface area contributed by atoms with Crippen LogP contribution in [-0.2, 0) is 4.74 Å². The van der Waals surface area contributed by atoms with Crippen LogP contribution in [0.5, 0.6) is 0 Å². The van der Waals surface area contributed by atoms with Crippen molar-refractivity contribution in [3.05, 3.63) is 47.7 Å². The summed E-state index contributed by atoms with van der Waals surface area (Å²) in [6.07, 6.45) is 2.40. The van der Waals surface area contributed by atoms with E-state index in [9.17, 15) is 4.79 Å². The van der Waals surface area contributed by atoms with Crippen molar-refractivity contribution < 1.29 is 9.53 Å². The Labute approximate surface area is 177 Å². The first-order chi connectivity index (χ1) is 14.7. The van der Waals surface area contributed by atoms with Gasteiger partial charge in [0.15, 0.2) is 0 Å². The number of piperazine rings is 1. The zero-order valence-corrected chi connectivity index (χ0v) is 17.7. The first kappa shape index (κ1) is 20.6. The predicted molar refractivity (Wildman–Crippen MR) is 117 cm³/mol. The van der Waals surface area contributed by atoms with Crippen molar-refractivity contribution in [1.82, 2.24) is 20.2 Å². The van der Waals surface area contributed by atoms with Crippen molar-refractivity contribution in [3.63, 3.8) is 0 Å². The number of amides is 1. The molecule has 160 valence electrons. The lowest BCUT2D eigenvalue weighted by Gasteiger charge is -2.34. The van der Waals surface area contributed by atoms with Gasteiger partial charge in [0.2, 0.25) is 5.95 Å². The lowest BCUT2D eigenvalue weighted by atomic mass is 9.98. The van der Waals surface area contributed by atoms with E-state index in [1.807, 2.05) is 0 Å². The Bertz CT molecular complexity index is 853. The number of aromatic nitrogens is 2. The molecule has 0 aliphatic carbocycles. The molecule has 1 aromatic heterocycles. The molecule has 30 heavy (non-hydrogen) atoms. The normalized spacial score (nSPS) is 19.4. The van der Waals surface area contributed by atoms with Gasteiger partial charge in [0, 0.05) is 38.4 Å². The molecule has 2 fully saturated rings. The minimum Gasteiger partial charge on any atom is -0.447 e. The summed E-state index contributed by atoms with van der Waals surface area (Å²) in [6, 6.07) is 11.1. The highest BCUT2D eigenvalue weighted by atomic mass is 16.6. The number of benzene rings is 1. The van der Waals surface area contributed by atoms with Crippen LogP contribution in [0.25, 0.3) is 0 Å². The predicted octanol–water partition coefficient (Wildman–Crippen LogP) is 2.96. The number of ether oxygens (including phenoxy) is 1. The standard InChI is InChI=1S/C22H30N6O2/c1-3-19(27-12-10-23-11-13-27)18-6-4-17(5-7-18)16(2)25-21-24-9-8-20(26-21)28-14-15-30-22(28)29/h4-9,16,19,23H,3,10-15H2,1-2H3,(H,24,25,26). The van der Waals surface area contributed by atoms with E-state index >= 15 is 0 Å². The van der Waals surface area contributed by atoms with Gasteiger partial charge in [-0.2, -0.15) is 4.98 Å². The molecule has 0 spiro atoms. The molecule has 0 saturated carbocycles. The van der Waals surface area contributed by atoms with Crippen molar-refractivity contribution >= 4 is 17.9 Å². The fourth-order valence-corrected chi connectivity index (χ4v) is 4.15. The number of hydrogen-bond donors (Lipinski definition) is 2. The topological polar surface area (TPSA) is 82.6 Å². The van der Waals surface area contributed by atoms with Gasteiger partial charge in [0.25, 0.3) is 0 Å². The second kappa shape index (κ2) is 9.40. The summed E-state index contributed by atoms with van der Waals surface area (Å²) < 4.78 is 4.99. The van der Waals surface area contributed by atoms with E-state index in [0.29, 0.717) is 31.0 Å². The van der Waals surface area contributed by atoms with E-state index in [1.165, 1.54) is 16.0 Å². The van der Waals surface area contributed by atoms with Crippen molar-refractivity contribution in [2.45, 2.75) is 32.4 Å². The molecular weight excluding hydrogens is 380 g/mol. The Morgan fingerprint density at radius 3 is 2.53 bits per heavy atom. The zero-order chi connectivity index (χ0) is 20.9. The maximum absolute atomic E-state index is 11.8. The number of hydrogen-bond acceptors (Lipinski definition) is 7. The Hall–Kier alpha value is -2.71. The molecule has 2 aromatic rings. The Balaban J connectivity index is 1.42. The second-order valence-electron chi connectivity index (χ2n) is 7.75. The number of nitrogens with one attached hydrogen (secondary N) is 2. The van der Waals surface area contributed by atoms with Crippen molar-refractivity contribution in [1.29, 1.82) is 0 Å². The summed E-state index contributed by atoms with van der Waals surface area (Å²) in [6.45, 7) is 9.55. The van der Waals surface area contributed by atoms with Gasteiger partial charge in [-0.15, -0.1) is 0 Å². The van der Waals surface area contributed by atoms with Gasteiger partial charge in [-0.1, -0.05) is 31.2 Å². The summed E-state index contributed by atoms with van der Waals surface area (Å²) >= 11 is 0. The van der Waals surface area contributed by atoms with Crippen molar-refractivity contribution in [2.75, 3.05) is 49.5 Å². The number of rotatable bonds is 7. The van der Waals surface area contributed by atoms with Gasteiger partial charge < -0.3 is 15.4 Å². The highest BCUT2D eigenvalue weighted by Gasteiger charge is 2.25. The molecule has 3 heterocycles. The van der Waals surface area contributed by atoms with E-state index in [2.05, 4.69) is 63.6 Å². The number of anilines is 2. The van der Waals surface area contributed by atoms with Crippen LogP contribution in [0.1, 0.15) is 43.5 Å². The lowest BCUT2D eigenvalue weighted by Crippen LogP contribution is -2.45. The fraction of sp³-hybridized carbons (Fsp3) is 0.500. The Kier molecular flexibility index (Phi) is 6.44. The van der Waals surface area contributed by atoms with E-state index in [1.54, 1.807) is 12.3 Å². The van der Waals surface area contributed by atoms with Gasteiger partial charge in [-0.05, 0) is 30.5 Å². The van der Waals surface area contributed by atoms with Gasteiger partial charge in [0.05, 0.1) is 12.6 Å². The largest absolute Gasteiger partial charge is 0.447 e. The van der Waals surface area contributed by atoms with E-state index < -0.39 is 0 Å². The van der Waals surface area contributed by atoms with Crippen LogP contribution in [0.15, 0.2) is 36.5 Å². The molecule has 2 aliphatic rings. The van der Waals surface area contributed by atoms with Gasteiger partial charge in [-0.3, -0.25) is 9.80 Å². The first-order valence-corrected chi connectivity index (χ1v) is 10.7. The molecule has 8 heteroatoms. The number of carbonyl (C=O) groups is 1. The highest BCUT2D eigenvalue weighted by Crippen LogP contribution is 2.27.